The molecule has 1 N–H and O–H groups in total. The van der Waals surface area contributed by atoms with Crippen LogP contribution in [0.15, 0.2) is 0 Å². The first-order chi connectivity index (χ1) is 7.02. The first-order valence-corrected chi connectivity index (χ1v) is 5.93. The van der Waals surface area contributed by atoms with Crippen molar-refractivity contribution in [3.63, 3.8) is 0 Å². The molecule has 88 valence electrons. The average Bonchev–Trinajstić information content (AvgIpc) is 2.18. The Morgan fingerprint density at radius 2 is 2.00 bits per heavy atom. The summed E-state index contributed by atoms with van der Waals surface area (Å²) in [5.74, 6) is 0.350. The molecular weight excluding hydrogens is 190 g/mol. The second-order valence-electron chi connectivity index (χ2n) is 4.96. The maximum Gasteiger partial charge on any atom is 0.149 e. The smallest absolute Gasteiger partial charge is 0.149 e. The molecule has 3 heteroatoms. The molecule has 0 aromatic rings. The fourth-order valence-corrected chi connectivity index (χ4v) is 2.15. The van der Waals surface area contributed by atoms with Crippen LogP contribution in [0.4, 0.5) is 0 Å². The molecule has 0 radical (unpaired) electrons. The summed E-state index contributed by atoms with van der Waals surface area (Å²) in [6, 6.07) is 0.182. The Hall–Kier alpha value is -0.410. The number of Topliss-reactive ketones (excluding diaryl/α,β-unsaturated/α-hetero) is 1. The van der Waals surface area contributed by atoms with Gasteiger partial charge in [0.15, 0.2) is 0 Å². The van der Waals surface area contributed by atoms with Gasteiger partial charge in [-0.3, -0.25) is 9.69 Å². The van der Waals surface area contributed by atoms with Gasteiger partial charge in [-0.15, -0.1) is 0 Å². The summed E-state index contributed by atoms with van der Waals surface area (Å²) in [7, 11) is 1.94. The van der Waals surface area contributed by atoms with Crippen LogP contribution in [0.3, 0.4) is 0 Å². The zero-order valence-electron chi connectivity index (χ0n) is 10.1. The number of ketones is 1. The molecule has 2 atom stereocenters. The first-order valence-electron chi connectivity index (χ1n) is 5.93. The van der Waals surface area contributed by atoms with Crippen LogP contribution in [0.1, 0.15) is 39.5 Å². The Labute approximate surface area is 92.5 Å². The van der Waals surface area contributed by atoms with Gasteiger partial charge >= 0.3 is 0 Å². The average molecular weight is 213 g/mol. The van der Waals surface area contributed by atoms with Crippen molar-refractivity contribution in [2.45, 2.75) is 51.7 Å². The van der Waals surface area contributed by atoms with Crippen molar-refractivity contribution >= 4 is 5.78 Å². The molecule has 0 bridgehead atoms. The Morgan fingerprint density at radius 3 is 2.53 bits per heavy atom. The molecule has 0 aromatic heterocycles. The molecule has 15 heavy (non-hydrogen) atoms. The van der Waals surface area contributed by atoms with Crippen LogP contribution in [0.25, 0.3) is 0 Å². The predicted molar refractivity (Wildman–Crippen MR) is 60.7 cm³/mol. The number of rotatable bonds is 4. The highest BCUT2D eigenvalue weighted by molar-refractivity contribution is 5.82. The zero-order chi connectivity index (χ0) is 11.4. The van der Waals surface area contributed by atoms with E-state index in [2.05, 4.69) is 0 Å². The molecule has 0 spiro atoms. The van der Waals surface area contributed by atoms with E-state index in [9.17, 15) is 9.90 Å². The van der Waals surface area contributed by atoms with Crippen LogP contribution in [0.5, 0.6) is 0 Å². The Bertz CT molecular complexity index is 216. The molecular formula is C12H23NO2. The van der Waals surface area contributed by atoms with E-state index in [-0.39, 0.29) is 23.8 Å². The molecule has 0 heterocycles. The molecule has 1 rings (SSSR count). The maximum absolute atomic E-state index is 11.6. The van der Waals surface area contributed by atoms with Gasteiger partial charge in [0.2, 0.25) is 0 Å². The normalized spacial score (nSPS) is 27.3. The Morgan fingerprint density at radius 1 is 1.40 bits per heavy atom. The molecule has 3 nitrogen and oxygen atoms in total. The van der Waals surface area contributed by atoms with Crippen LogP contribution < -0.4 is 0 Å². The maximum atomic E-state index is 11.6. The summed E-state index contributed by atoms with van der Waals surface area (Å²) in [6.45, 7) is 4.32. The van der Waals surface area contributed by atoms with E-state index in [1.54, 1.807) is 0 Å². The van der Waals surface area contributed by atoms with Crippen molar-refractivity contribution in [1.29, 1.82) is 0 Å². The molecule has 2 unspecified atom stereocenters. The number of nitrogens with zero attached hydrogens (tertiary/aromatic N) is 1. The molecule has 0 amide bonds. The highest BCUT2D eigenvalue weighted by atomic mass is 16.3. The lowest BCUT2D eigenvalue weighted by Gasteiger charge is -2.35. The molecule has 0 aliphatic heterocycles. The minimum atomic E-state index is -0.247. The van der Waals surface area contributed by atoms with Gasteiger partial charge < -0.3 is 5.11 Å². The van der Waals surface area contributed by atoms with Crippen molar-refractivity contribution in [2.75, 3.05) is 13.6 Å². The van der Waals surface area contributed by atoms with Gasteiger partial charge in [-0.05, 0) is 19.9 Å². The van der Waals surface area contributed by atoms with E-state index in [0.29, 0.717) is 6.54 Å². The number of carbonyl (C=O) groups is 1. The van der Waals surface area contributed by atoms with Crippen LogP contribution in [-0.2, 0) is 4.79 Å². The monoisotopic (exact) mass is 213 g/mol. The minimum absolute atomic E-state index is 0.0909. The summed E-state index contributed by atoms with van der Waals surface area (Å²) in [5.41, 5.74) is 0. The van der Waals surface area contributed by atoms with Crippen molar-refractivity contribution in [1.82, 2.24) is 4.90 Å². The van der Waals surface area contributed by atoms with E-state index in [4.69, 9.17) is 0 Å². The summed E-state index contributed by atoms with van der Waals surface area (Å²) in [4.78, 5) is 13.6. The number of hydrogen-bond acceptors (Lipinski definition) is 3. The number of aliphatic hydroxyl groups is 1. The molecule has 0 saturated heterocycles. The Kier molecular flexibility index (Phi) is 4.74. The SMILES string of the molecule is CC(C)C(=O)CN(C)C1CCCCC1O. The van der Waals surface area contributed by atoms with Crippen LogP contribution in [-0.4, -0.2) is 41.5 Å². The van der Waals surface area contributed by atoms with Crippen LogP contribution in [0, 0.1) is 5.92 Å². The van der Waals surface area contributed by atoms with Gasteiger partial charge in [0, 0.05) is 12.0 Å². The van der Waals surface area contributed by atoms with Crippen molar-refractivity contribution in [3.8, 4) is 0 Å². The molecule has 0 aromatic carbocycles. The lowest BCUT2D eigenvalue weighted by Crippen LogP contribution is -2.45. The first kappa shape index (κ1) is 12.7. The minimum Gasteiger partial charge on any atom is -0.391 e. The van der Waals surface area contributed by atoms with E-state index >= 15 is 0 Å². The second kappa shape index (κ2) is 5.61. The topological polar surface area (TPSA) is 40.5 Å². The summed E-state index contributed by atoms with van der Waals surface area (Å²) >= 11 is 0. The van der Waals surface area contributed by atoms with Gasteiger partial charge in [0.25, 0.3) is 0 Å². The summed E-state index contributed by atoms with van der Waals surface area (Å²) in [6.07, 6.45) is 3.93. The van der Waals surface area contributed by atoms with Crippen molar-refractivity contribution < 1.29 is 9.90 Å². The molecule has 1 fully saturated rings. The van der Waals surface area contributed by atoms with Gasteiger partial charge in [-0.25, -0.2) is 0 Å². The van der Waals surface area contributed by atoms with E-state index in [0.717, 1.165) is 19.3 Å². The lowest BCUT2D eigenvalue weighted by molar-refractivity contribution is -0.124. The van der Waals surface area contributed by atoms with Crippen LogP contribution in [0.2, 0.25) is 0 Å². The number of aliphatic hydroxyl groups excluding tert-OH is 1. The predicted octanol–water partition coefficient (Wildman–Crippen LogP) is 1.45. The third kappa shape index (κ3) is 3.58. The molecule has 1 saturated carbocycles. The summed E-state index contributed by atoms with van der Waals surface area (Å²) < 4.78 is 0. The van der Waals surface area contributed by atoms with Gasteiger partial charge in [0.05, 0.1) is 12.6 Å². The van der Waals surface area contributed by atoms with Crippen LogP contribution >= 0.6 is 0 Å². The van der Waals surface area contributed by atoms with E-state index in [1.165, 1.54) is 6.42 Å². The number of carbonyl (C=O) groups excluding carboxylic acids is 1. The molecule has 1 aliphatic carbocycles. The largest absolute Gasteiger partial charge is 0.391 e. The van der Waals surface area contributed by atoms with Crippen molar-refractivity contribution in [3.05, 3.63) is 0 Å². The highest BCUT2D eigenvalue weighted by Gasteiger charge is 2.27. The highest BCUT2D eigenvalue weighted by Crippen LogP contribution is 2.22. The molecule has 1 aliphatic rings. The van der Waals surface area contributed by atoms with E-state index in [1.807, 2.05) is 25.8 Å². The van der Waals surface area contributed by atoms with Gasteiger partial charge in [-0.2, -0.15) is 0 Å². The number of likely N-dealkylation sites (N-methyl/N-ethyl adjacent to an activating group) is 1. The van der Waals surface area contributed by atoms with Gasteiger partial charge in [0.1, 0.15) is 5.78 Å². The quantitative estimate of drug-likeness (QED) is 0.768. The second-order valence-corrected chi connectivity index (χ2v) is 4.96. The van der Waals surface area contributed by atoms with E-state index < -0.39 is 0 Å². The summed E-state index contributed by atoms with van der Waals surface area (Å²) in [5, 5.41) is 9.84. The third-order valence-electron chi connectivity index (χ3n) is 3.31. The fourth-order valence-electron chi connectivity index (χ4n) is 2.15. The standard InChI is InChI=1S/C12H23NO2/c1-9(2)12(15)8-13(3)10-6-4-5-7-11(10)14/h9-11,14H,4-8H2,1-3H3. The Balaban J connectivity index is 2.44. The van der Waals surface area contributed by atoms with Crippen molar-refractivity contribution in [2.24, 2.45) is 5.92 Å². The third-order valence-corrected chi connectivity index (χ3v) is 3.31. The zero-order valence-corrected chi connectivity index (χ0v) is 10.1. The van der Waals surface area contributed by atoms with Gasteiger partial charge in [-0.1, -0.05) is 26.7 Å². The number of hydrogen-bond donors (Lipinski definition) is 1. The fraction of sp³-hybridized carbons (Fsp3) is 0.917. The lowest BCUT2D eigenvalue weighted by atomic mass is 9.91.